The monoisotopic (exact) mass is 366 g/mol. The van der Waals surface area contributed by atoms with Gasteiger partial charge in [0.2, 0.25) is 11.5 Å². The smallest absolute Gasteiger partial charge is 0.371 e. The summed E-state index contributed by atoms with van der Waals surface area (Å²) in [6.07, 6.45) is 4.85. The van der Waals surface area contributed by atoms with Gasteiger partial charge in [0.15, 0.2) is 0 Å². The number of carbonyl (C=O) groups excluding carboxylic acids is 1. The summed E-state index contributed by atoms with van der Waals surface area (Å²) in [5, 5.41) is 16.3. The van der Waals surface area contributed by atoms with E-state index in [9.17, 15) is 14.4 Å². The number of fused-ring (bicyclic) bond motifs is 2. The molecule has 2 fully saturated rings. The first-order valence-electron chi connectivity index (χ1n) is 8.22. The maximum Gasteiger partial charge on any atom is 0.371 e. The minimum atomic E-state index is -1.42. The van der Waals surface area contributed by atoms with E-state index in [1.54, 1.807) is 0 Å². The molecule has 3 atom stereocenters. The third kappa shape index (κ3) is 4.15. The second-order valence-electron chi connectivity index (χ2n) is 7.30. The molecule has 0 aromatic carbocycles. The lowest BCUT2D eigenvalue weighted by Gasteiger charge is -2.38. The molecule has 144 valence electrons. The van der Waals surface area contributed by atoms with Gasteiger partial charge in [0.05, 0.1) is 0 Å². The summed E-state index contributed by atoms with van der Waals surface area (Å²) in [5.41, 5.74) is 0.468. The third-order valence-corrected chi connectivity index (χ3v) is 5.86. The molecule has 0 aromatic heterocycles. The Morgan fingerprint density at radius 3 is 1.88 bits per heavy atom. The van der Waals surface area contributed by atoms with Gasteiger partial charge in [-0.15, -0.1) is 0 Å². The number of esters is 1. The first-order valence-corrected chi connectivity index (χ1v) is 8.22. The van der Waals surface area contributed by atoms with Gasteiger partial charge in [0.25, 0.3) is 0 Å². The second-order valence-corrected chi connectivity index (χ2v) is 7.30. The van der Waals surface area contributed by atoms with Crippen LogP contribution in [0.2, 0.25) is 0 Å². The van der Waals surface area contributed by atoms with Crippen LogP contribution in [0.4, 0.5) is 0 Å². The fraction of sp³-hybridized carbons (Fsp3) is 0.526. The number of carbonyl (C=O) groups is 3. The Morgan fingerprint density at radius 2 is 1.58 bits per heavy atom. The number of ether oxygens (including phenoxy) is 2. The Balaban J connectivity index is 0.000000276. The summed E-state index contributed by atoms with van der Waals surface area (Å²) >= 11 is 0. The van der Waals surface area contributed by atoms with E-state index in [4.69, 9.17) is 14.9 Å². The van der Waals surface area contributed by atoms with Gasteiger partial charge < -0.3 is 19.7 Å². The second kappa shape index (κ2) is 7.76. The van der Waals surface area contributed by atoms with Crippen LogP contribution >= 0.6 is 0 Å². The molecule has 2 aliphatic rings. The first kappa shape index (κ1) is 21.5. The lowest BCUT2D eigenvalue weighted by Crippen LogP contribution is -2.38. The lowest BCUT2D eigenvalue weighted by molar-refractivity contribution is -0.150. The van der Waals surface area contributed by atoms with E-state index < -0.39 is 23.5 Å². The van der Waals surface area contributed by atoms with E-state index >= 15 is 0 Å². The summed E-state index contributed by atoms with van der Waals surface area (Å²) in [6.45, 7) is 16.2. The summed E-state index contributed by atoms with van der Waals surface area (Å²) in [4.78, 5) is 31.3. The molecule has 7 heteroatoms. The van der Waals surface area contributed by atoms with Gasteiger partial charge in [-0.05, 0) is 43.8 Å². The minimum absolute atomic E-state index is 0.0942. The van der Waals surface area contributed by atoms with Crippen LogP contribution < -0.4 is 0 Å². The summed E-state index contributed by atoms with van der Waals surface area (Å²) in [6, 6.07) is 0. The molecule has 0 unspecified atom stereocenters. The molecule has 2 N–H and O–H groups in total. The zero-order chi connectivity index (χ0) is 20.3. The molecule has 2 rings (SSSR count). The van der Waals surface area contributed by atoms with E-state index in [0.29, 0.717) is 11.3 Å². The average molecular weight is 366 g/mol. The molecule has 2 saturated carbocycles. The van der Waals surface area contributed by atoms with Crippen LogP contribution in [0.1, 0.15) is 40.0 Å². The molecule has 2 bridgehead atoms. The molecular weight excluding hydrogens is 340 g/mol. The Morgan fingerprint density at radius 1 is 1.08 bits per heavy atom. The van der Waals surface area contributed by atoms with Gasteiger partial charge in [0, 0.05) is 11.5 Å². The highest BCUT2D eigenvalue weighted by Gasteiger charge is 2.62. The molecule has 7 nitrogen and oxygen atoms in total. The predicted molar refractivity (Wildman–Crippen MR) is 93.9 cm³/mol. The lowest BCUT2D eigenvalue weighted by atomic mass is 9.70. The van der Waals surface area contributed by atoms with Crippen molar-refractivity contribution >= 4 is 17.9 Å². The van der Waals surface area contributed by atoms with Crippen molar-refractivity contribution in [3.05, 3.63) is 37.3 Å². The average Bonchev–Trinajstić information content (AvgIpc) is 2.88. The van der Waals surface area contributed by atoms with Gasteiger partial charge in [-0.2, -0.15) is 0 Å². The molecule has 0 heterocycles. The maximum atomic E-state index is 11.3. The Hall–Kier alpha value is -2.57. The largest absolute Gasteiger partial charge is 0.475 e. The topological polar surface area (TPSA) is 110 Å². The van der Waals surface area contributed by atoms with Crippen LogP contribution in [0.15, 0.2) is 37.3 Å². The van der Waals surface area contributed by atoms with Crippen LogP contribution in [-0.4, -0.2) is 34.2 Å². The highest BCUT2D eigenvalue weighted by molar-refractivity contribution is 5.87. The van der Waals surface area contributed by atoms with Crippen molar-refractivity contribution in [3.63, 3.8) is 0 Å². The molecule has 0 saturated heterocycles. The standard InChI is InChI=1S/C13H20O2.C6H6O5/c1-5-11(14)15-10-8-9-6-7-13(10,4)12(9,2)3;1-3(5(7)8)11-4(2)6(9)10/h5,9-10H,1,6-8H2,2-4H3;1-2H2,(H,7,8)(H,9,10)/t9-,10-,13+;/m0./s1. The number of hydrogen-bond donors (Lipinski definition) is 2. The quantitative estimate of drug-likeness (QED) is 0.422. The zero-order valence-corrected chi connectivity index (χ0v) is 15.4. The van der Waals surface area contributed by atoms with Crippen LogP contribution in [0.5, 0.6) is 0 Å². The van der Waals surface area contributed by atoms with E-state index in [0.717, 1.165) is 6.42 Å². The summed E-state index contributed by atoms with van der Waals surface area (Å²) < 4.78 is 9.66. The third-order valence-electron chi connectivity index (χ3n) is 5.86. The molecule has 0 radical (unpaired) electrons. The van der Waals surface area contributed by atoms with Crippen molar-refractivity contribution < 1.29 is 34.1 Å². The van der Waals surface area contributed by atoms with E-state index in [-0.39, 0.29) is 17.5 Å². The SMILES string of the molecule is C=C(OC(=C)C(=O)O)C(=O)O.C=CC(=O)O[C@H]1C[C@@H]2CC[C@@]1(C)C2(C)C. The van der Waals surface area contributed by atoms with Gasteiger partial charge in [-0.25, -0.2) is 14.4 Å². The Bertz CT molecular complexity index is 622. The maximum absolute atomic E-state index is 11.3. The van der Waals surface area contributed by atoms with Crippen LogP contribution in [0.25, 0.3) is 0 Å². The molecule has 0 aliphatic heterocycles. The van der Waals surface area contributed by atoms with E-state index in [1.165, 1.54) is 18.9 Å². The van der Waals surface area contributed by atoms with Gasteiger partial charge in [0.1, 0.15) is 6.10 Å². The van der Waals surface area contributed by atoms with E-state index in [2.05, 4.69) is 45.2 Å². The van der Waals surface area contributed by atoms with Gasteiger partial charge in [-0.1, -0.05) is 27.4 Å². The fourth-order valence-electron chi connectivity index (χ4n) is 3.73. The van der Waals surface area contributed by atoms with Crippen molar-refractivity contribution in [2.75, 3.05) is 0 Å². The van der Waals surface area contributed by atoms with Gasteiger partial charge >= 0.3 is 17.9 Å². The molecule has 0 amide bonds. The van der Waals surface area contributed by atoms with E-state index in [1.807, 2.05) is 0 Å². The molecule has 26 heavy (non-hydrogen) atoms. The normalized spacial score (nSPS) is 27.5. The highest BCUT2D eigenvalue weighted by Crippen LogP contribution is 2.66. The summed E-state index contributed by atoms with van der Waals surface area (Å²) in [7, 11) is 0. The highest BCUT2D eigenvalue weighted by atomic mass is 16.5. The number of carboxylic acids is 2. The zero-order valence-electron chi connectivity index (χ0n) is 15.4. The van der Waals surface area contributed by atoms with Crippen molar-refractivity contribution in [2.24, 2.45) is 16.7 Å². The molecule has 2 aliphatic carbocycles. The number of rotatable bonds is 6. The predicted octanol–water partition coefficient (Wildman–Crippen LogP) is 3.13. The van der Waals surface area contributed by atoms with Crippen LogP contribution in [0.3, 0.4) is 0 Å². The van der Waals surface area contributed by atoms with Gasteiger partial charge in [-0.3, -0.25) is 0 Å². The van der Waals surface area contributed by atoms with Crippen LogP contribution in [-0.2, 0) is 23.9 Å². The van der Waals surface area contributed by atoms with Crippen LogP contribution in [0, 0.1) is 16.7 Å². The summed E-state index contributed by atoms with van der Waals surface area (Å²) in [5.74, 6) is -3.75. The molecular formula is C19H26O7. The molecule has 0 aromatic rings. The minimum Gasteiger partial charge on any atom is -0.475 e. The number of aliphatic carboxylic acids is 2. The first-order chi connectivity index (χ1) is 11.9. The fourth-order valence-corrected chi connectivity index (χ4v) is 3.73. The number of hydrogen-bond acceptors (Lipinski definition) is 5. The number of carboxylic acid groups (broad SMARTS) is 2. The van der Waals surface area contributed by atoms with Crippen molar-refractivity contribution in [3.8, 4) is 0 Å². The van der Waals surface area contributed by atoms with Crippen molar-refractivity contribution in [1.29, 1.82) is 0 Å². The Kier molecular flexibility index (Phi) is 6.41. The molecule has 0 spiro atoms. The Labute approximate surface area is 153 Å². The van der Waals surface area contributed by atoms with Crippen molar-refractivity contribution in [2.45, 2.75) is 46.1 Å². The van der Waals surface area contributed by atoms with Crippen molar-refractivity contribution in [1.82, 2.24) is 0 Å².